The van der Waals surface area contributed by atoms with Gasteiger partial charge in [-0.15, -0.1) is 0 Å². The number of aromatic amines is 1. The van der Waals surface area contributed by atoms with E-state index in [9.17, 15) is 9.59 Å². The highest BCUT2D eigenvalue weighted by atomic mass is 35.5. The van der Waals surface area contributed by atoms with Crippen LogP contribution in [0.15, 0.2) is 35.1 Å². The van der Waals surface area contributed by atoms with Crippen LogP contribution in [0.3, 0.4) is 0 Å². The molecular weight excluding hydrogens is 252 g/mol. The van der Waals surface area contributed by atoms with Crippen molar-refractivity contribution in [2.24, 2.45) is 0 Å². The van der Waals surface area contributed by atoms with Crippen LogP contribution in [-0.2, 0) is 0 Å². The molecule has 1 aromatic carbocycles. The summed E-state index contributed by atoms with van der Waals surface area (Å²) in [4.78, 5) is 30.0. The summed E-state index contributed by atoms with van der Waals surface area (Å²) in [7, 11) is 0. The van der Waals surface area contributed by atoms with Crippen molar-refractivity contribution >= 4 is 39.8 Å². The van der Waals surface area contributed by atoms with Gasteiger partial charge in [0.1, 0.15) is 11.2 Å². The zero-order valence-corrected chi connectivity index (χ0v) is 9.86. The molecule has 4 nitrogen and oxygen atoms in total. The van der Waals surface area contributed by atoms with E-state index < -0.39 is 0 Å². The lowest BCUT2D eigenvalue weighted by atomic mass is 10.1. The molecule has 0 fully saturated rings. The zero-order valence-electron chi connectivity index (χ0n) is 9.11. The highest BCUT2D eigenvalue weighted by molar-refractivity contribution is 6.31. The van der Waals surface area contributed by atoms with Gasteiger partial charge in [-0.25, -0.2) is 4.98 Å². The fourth-order valence-electron chi connectivity index (χ4n) is 1.90. The summed E-state index contributed by atoms with van der Waals surface area (Å²) in [5.74, 6) is 0. The quantitative estimate of drug-likeness (QED) is 0.539. The molecule has 0 amide bonds. The van der Waals surface area contributed by atoms with E-state index in [0.29, 0.717) is 27.7 Å². The van der Waals surface area contributed by atoms with Gasteiger partial charge in [0.25, 0.3) is 0 Å². The third kappa shape index (κ3) is 1.58. The molecule has 0 radical (unpaired) electrons. The Hall–Kier alpha value is -2.20. The topological polar surface area (TPSA) is 62.8 Å². The maximum absolute atomic E-state index is 12.2. The molecule has 1 N–H and O–H groups in total. The number of nitrogens with one attached hydrogen (secondary N) is 1. The number of hydrogen-bond donors (Lipinski definition) is 1. The van der Waals surface area contributed by atoms with E-state index in [1.54, 1.807) is 30.3 Å². The van der Waals surface area contributed by atoms with E-state index in [1.165, 1.54) is 0 Å². The number of fused-ring (bicyclic) bond motifs is 2. The lowest BCUT2D eigenvalue weighted by Crippen LogP contribution is -2.07. The molecule has 0 saturated heterocycles. The van der Waals surface area contributed by atoms with Crippen LogP contribution in [0, 0.1) is 0 Å². The Morgan fingerprint density at radius 3 is 2.78 bits per heavy atom. The molecule has 3 aromatic rings. The first kappa shape index (κ1) is 10.9. The van der Waals surface area contributed by atoms with Gasteiger partial charge in [0.05, 0.1) is 11.0 Å². The first-order valence-corrected chi connectivity index (χ1v) is 5.64. The summed E-state index contributed by atoms with van der Waals surface area (Å²) in [5.41, 5.74) is 1.52. The molecule has 18 heavy (non-hydrogen) atoms. The second kappa shape index (κ2) is 3.92. The molecule has 0 aliphatic carbocycles. The zero-order chi connectivity index (χ0) is 12.7. The third-order valence-corrected chi connectivity index (χ3v) is 2.98. The second-order valence-corrected chi connectivity index (χ2v) is 4.33. The number of aldehydes is 1. The largest absolute Gasteiger partial charge is 0.353 e. The molecule has 3 rings (SSSR count). The average Bonchev–Trinajstić information content (AvgIpc) is 2.38. The molecule has 0 aliphatic heterocycles. The number of nitrogens with zero attached hydrogens (tertiary/aromatic N) is 1. The number of carbonyl (C=O) groups excluding carboxylic acids is 1. The summed E-state index contributed by atoms with van der Waals surface area (Å²) < 4.78 is 0. The fraction of sp³-hybridized carbons (Fsp3) is 0. The fourth-order valence-corrected chi connectivity index (χ4v) is 2.08. The number of H-pyrrole nitrogens is 1. The van der Waals surface area contributed by atoms with Crippen LogP contribution in [0.4, 0.5) is 0 Å². The molecule has 5 heteroatoms. The minimum absolute atomic E-state index is 0.209. The summed E-state index contributed by atoms with van der Waals surface area (Å²) in [6.07, 6.45) is 0.616. The Labute approximate surface area is 106 Å². The van der Waals surface area contributed by atoms with Crippen molar-refractivity contribution in [3.63, 3.8) is 0 Å². The van der Waals surface area contributed by atoms with Crippen LogP contribution in [0.1, 0.15) is 10.5 Å². The van der Waals surface area contributed by atoms with E-state index in [2.05, 4.69) is 9.97 Å². The SMILES string of the molecule is O=Cc1ccc2[nH]c3cc(Cl)ccc3c(=O)c2n1. The van der Waals surface area contributed by atoms with Crippen molar-refractivity contribution < 1.29 is 4.79 Å². The van der Waals surface area contributed by atoms with Crippen molar-refractivity contribution in [1.29, 1.82) is 0 Å². The van der Waals surface area contributed by atoms with Crippen LogP contribution in [0.25, 0.3) is 21.9 Å². The number of pyridine rings is 2. The minimum atomic E-state index is -0.209. The van der Waals surface area contributed by atoms with Crippen molar-refractivity contribution in [1.82, 2.24) is 9.97 Å². The van der Waals surface area contributed by atoms with E-state index in [1.807, 2.05) is 0 Å². The van der Waals surface area contributed by atoms with Crippen LogP contribution >= 0.6 is 11.6 Å². The highest BCUT2D eigenvalue weighted by Crippen LogP contribution is 2.17. The van der Waals surface area contributed by atoms with E-state index in [-0.39, 0.29) is 16.6 Å². The predicted molar refractivity (Wildman–Crippen MR) is 70.3 cm³/mol. The lowest BCUT2D eigenvalue weighted by Gasteiger charge is -2.02. The molecule has 88 valence electrons. The monoisotopic (exact) mass is 258 g/mol. The molecule has 0 unspecified atom stereocenters. The molecule has 0 bridgehead atoms. The van der Waals surface area contributed by atoms with Gasteiger partial charge >= 0.3 is 0 Å². The number of hydrogen-bond acceptors (Lipinski definition) is 3. The minimum Gasteiger partial charge on any atom is -0.353 e. The van der Waals surface area contributed by atoms with Crippen molar-refractivity contribution in [2.45, 2.75) is 0 Å². The molecule has 2 aromatic heterocycles. The van der Waals surface area contributed by atoms with Gasteiger partial charge in [0.2, 0.25) is 5.43 Å². The van der Waals surface area contributed by atoms with Gasteiger partial charge in [0.15, 0.2) is 6.29 Å². The number of aromatic nitrogens is 2. The van der Waals surface area contributed by atoms with Crippen LogP contribution in [0.2, 0.25) is 5.02 Å². The van der Waals surface area contributed by atoms with Gasteiger partial charge in [-0.05, 0) is 30.3 Å². The Morgan fingerprint density at radius 2 is 2.00 bits per heavy atom. The molecule has 2 heterocycles. The van der Waals surface area contributed by atoms with Crippen LogP contribution in [0.5, 0.6) is 0 Å². The summed E-state index contributed by atoms with van der Waals surface area (Å²) >= 11 is 5.89. The van der Waals surface area contributed by atoms with Gasteiger partial charge in [-0.2, -0.15) is 0 Å². The smallest absolute Gasteiger partial charge is 0.215 e. The molecule has 0 aliphatic rings. The normalized spacial score (nSPS) is 10.9. The Morgan fingerprint density at radius 1 is 1.17 bits per heavy atom. The lowest BCUT2D eigenvalue weighted by molar-refractivity contribution is 0.111. The molecule has 0 spiro atoms. The number of rotatable bonds is 1. The van der Waals surface area contributed by atoms with Gasteiger partial charge in [-0.3, -0.25) is 9.59 Å². The standard InChI is InChI=1S/C13H7ClN2O2/c14-7-1-3-9-11(5-7)16-10-4-2-8(6-17)15-12(10)13(9)18/h1-6H,(H,16,18). The van der Waals surface area contributed by atoms with Crippen LogP contribution < -0.4 is 5.43 Å². The second-order valence-electron chi connectivity index (χ2n) is 3.89. The van der Waals surface area contributed by atoms with Gasteiger partial charge in [0, 0.05) is 10.4 Å². The highest BCUT2D eigenvalue weighted by Gasteiger charge is 2.07. The van der Waals surface area contributed by atoms with Crippen molar-refractivity contribution in [3.05, 3.63) is 51.3 Å². The van der Waals surface area contributed by atoms with Crippen LogP contribution in [-0.4, -0.2) is 16.3 Å². The van der Waals surface area contributed by atoms with Crippen molar-refractivity contribution in [2.75, 3.05) is 0 Å². The first-order valence-electron chi connectivity index (χ1n) is 5.26. The molecule has 0 atom stereocenters. The Balaban J connectivity index is 2.52. The number of benzene rings is 1. The number of halogens is 1. The summed E-state index contributed by atoms with van der Waals surface area (Å²) in [6, 6.07) is 8.20. The molecule has 0 saturated carbocycles. The number of carbonyl (C=O) groups is 1. The summed E-state index contributed by atoms with van der Waals surface area (Å²) in [6.45, 7) is 0. The van der Waals surface area contributed by atoms with E-state index in [4.69, 9.17) is 11.6 Å². The maximum atomic E-state index is 12.2. The first-order chi connectivity index (χ1) is 8.69. The molecular formula is C13H7ClN2O2. The Bertz CT molecular complexity index is 839. The Kier molecular flexibility index (Phi) is 2.38. The third-order valence-electron chi connectivity index (χ3n) is 2.75. The maximum Gasteiger partial charge on any atom is 0.215 e. The van der Waals surface area contributed by atoms with Crippen molar-refractivity contribution in [3.8, 4) is 0 Å². The van der Waals surface area contributed by atoms with E-state index in [0.717, 1.165) is 0 Å². The average molecular weight is 259 g/mol. The van der Waals surface area contributed by atoms with Gasteiger partial charge in [-0.1, -0.05) is 11.6 Å². The van der Waals surface area contributed by atoms with Gasteiger partial charge < -0.3 is 4.98 Å². The van der Waals surface area contributed by atoms with E-state index >= 15 is 0 Å². The predicted octanol–water partition coefficient (Wildman–Crippen LogP) is 2.54. The summed E-state index contributed by atoms with van der Waals surface area (Å²) in [5, 5.41) is 1.05.